The molecule has 0 unspecified atom stereocenters. The lowest BCUT2D eigenvalue weighted by Crippen LogP contribution is -2.41. The molecule has 1 N–H and O–H groups in total. The van der Waals surface area contributed by atoms with Crippen molar-refractivity contribution in [3.05, 3.63) is 58.7 Å². The van der Waals surface area contributed by atoms with Crippen molar-refractivity contribution >= 4 is 21.6 Å². The minimum absolute atomic E-state index is 0.289. The van der Waals surface area contributed by atoms with Gasteiger partial charge in [-0.1, -0.05) is 35.9 Å². The number of ether oxygens (including phenoxy) is 1. The predicted octanol–water partition coefficient (Wildman–Crippen LogP) is 3.26. The molecule has 152 valence electrons. The number of rotatable bonds is 7. The van der Waals surface area contributed by atoms with Crippen LogP contribution in [0.4, 0.5) is 5.69 Å². The second kappa shape index (κ2) is 8.65. The van der Waals surface area contributed by atoms with E-state index in [0.717, 1.165) is 28.5 Å². The SMILES string of the molecule is COc1ccccc1[C@@H](C)NC(=O)CN(c1c(C)cc(C)cc1C)S(C)(=O)=O. The Morgan fingerprint density at radius 2 is 1.71 bits per heavy atom. The fourth-order valence-electron chi connectivity index (χ4n) is 3.45. The normalized spacial score (nSPS) is 12.4. The molecule has 0 aromatic heterocycles. The Kier molecular flexibility index (Phi) is 6.72. The van der Waals surface area contributed by atoms with E-state index in [4.69, 9.17) is 4.74 Å². The van der Waals surface area contributed by atoms with Gasteiger partial charge in [-0.3, -0.25) is 9.10 Å². The summed E-state index contributed by atoms with van der Waals surface area (Å²) in [7, 11) is -2.07. The zero-order chi connectivity index (χ0) is 21.1. The van der Waals surface area contributed by atoms with Gasteiger partial charge in [0.2, 0.25) is 15.9 Å². The second-order valence-corrected chi connectivity index (χ2v) is 8.95. The standard InChI is InChI=1S/C21H28N2O4S/c1-14-11-15(2)21(16(3)12-14)23(28(6,25)26)13-20(24)22-17(4)18-9-7-8-10-19(18)27-5/h7-12,17H,13H2,1-6H3,(H,22,24)/t17-/m1/s1. The summed E-state index contributed by atoms with van der Waals surface area (Å²) in [5, 5.41) is 2.87. The number of hydrogen-bond donors (Lipinski definition) is 1. The molecule has 7 heteroatoms. The molecule has 1 amide bonds. The lowest BCUT2D eigenvalue weighted by molar-refractivity contribution is -0.120. The van der Waals surface area contributed by atoms with Crippen LogP contribution in [0.5, 0.6) is 5.75 Å². The minimum Gasteiger partial charge on any atom is -0.496 e. The van der Waals surface area contributed by atoms with Gasteiger partial charge in [0.1, 0.15) is 12.3 Å². The molecule has 2 aromatic carbocycles. The molecule has 0 heterocycles. The molecular formula is C21H28N2O4S. The van der Waals surface area contributed by atoms with Crippen LogP contribution in [0, 0.1) is 20.8 Å². The summed E-state index contributed by atoms with van der Waals surface area (Å²) >= 11 is 0. The first-order chi connectivity index (χ1) is 13.0. The average Bonchev–Trinajstić information content (AvgIpc) is 2.59. The van der Waals surface area contributed by atoms with Crippen molar-refractivity contribution in [1.82, 2.24) is 5.32 Å². The molecule has 0 fully saturated rings. The molecule has 0 bridgehead atoms. The van der Waals surface area contributed by atoms with Gasteiger partial charge < -0.3 is 10.1 Å². The van der Waals surface area contributed by atoms with Gasteiger partial charge in [0.25, 0.3) is 0 Å². The molecule has 0 aliphatic carbocycles. The second-order valence-electron chi connectivity index (χ2n) is 7.05. The van der Waals surface area contributed by atoms with Crippen molar-refractivity contribution in [2.24, 2.45) is 0 Å². The van der Waals surface area contributed by atoms with Crippen molar-refractivity contribution in [3.63, 3.8) is 0 Å². The summed E-state index contributed by atoms with van der Waals surface area (Å²) < 4.78 is 31.4. The third-order valence-corrected chi connectivity index (χ3v) is 5.67. The first kappa shape index (κ1) is 21.8. The number of nitrogens with zero attached hydrogens (tertiary/aromatic N) is 1. The third kappa shape index (κ3) is 5.04. The Bertz CT molecular complexity index is 947. The molecule has 0 saturated heterocycles. The first-order valence-corrected chi connectivity index (χ1v) is 10.9. The number of para-hydroxylation sites is 1. The maximum absolute atomic E-state index is 12.7. The molecule has 2 aromatic rings. The molecule has 0 aliphatic rings. The van der Waals surface area contributed by atoms with Gasteiger partial charge in [0.05, 0.1) is 25.1 Å². The summed E-state index contributed by atoms with van der Waals surface area (Å²) in [4.78, 5) is 12.7. The number of anilines is 1. The van der Waals surface area contributed by atoms with E-state index in [-0.39, 0.29) is 18.5 Å². The van der Waals surface area contributed by atoms with Gasteiger partial charge in [-0.2, -0.15) is 0 Å². The number of benzene rings is 2. The summed E-state index contributed by atoms with van der Waals surface area (Å²) in [6, 6.07) is 10.9. The lowest BCUT2D eigenvalue weighted by atomic mass is 10.0. The maximum atomic E-state index is 12.7. The Morgan fingerprint density at radius 1 is 1.14 bits per heavy atom. The fraction of sp³-hybridized carbons (Fsp3) is 0.381. The maximum Gasteiger partial charge on any atom is 0.241 e. The van der Waals surface area contributed by atoms with Gasteiger partial charge in [-0.25, -0.2) is 8.42 Å². The number of hydrogen-bond acceptors (Lipinski definition) is 4. The largest absolute Gasteiger partial charge is 0.496 e. The van der Waals surface area contributed by atoms with E-state index in [1.165, 1.54) is 4.31 Å². The molecule has 1 atom stereocenters. The number of sulfonamides is 1. The van der Waals surface area contributed by atoms with Gasteiger partial charge in [-0.15, -0.1) is 0 Å². The lowest BCUT2D eigenvalue weighted by Gasteiger charge is -2.27. The monoisotopic (exact) mass is 404 g/mol. The molecule has 0 radical (unpaired) electrons. The smallest absolute Gasteiger partial charge is 0.241 e. The van der Waals surface area contributed by atoms with Crippen LogP contribution in [-0.2, 0) is 14.8 Å². The van der Waals surface area contributed by atoms with Crippen molar-refractivity contribution in [2.75, 3.05) is 24.2 Å². The Balaban J connectivity index is 2.28. The highest BCUT2D eigenvalue weighted by molar-refractivity contribution is 7.92. The van der Waals surface area contributed by atoms with Crippen LogP contribution < -0.4 is 14.4 Å². The predicted molar refractivity (Wildman–Crippen MR) is 112 cm³/mol. The summed E-state index contributed by atoms with van der Waals surface area (Å²) in [6.45, 7) is 7.20. The highest BCUT2D eigenvalue weighted by Gasteiger charge is 2.25. The molecule has 0 spiro atoms. The number of nitrogens with one attached hydrogen (secondary N) is 1. The van der Waals surface area contributed by atoms with Gasteiger partial charge in [-0.05, 0) is 44.9 Å². The van der Waals surface area contributed by atoms with E-state index in [9.17, 15) is 13.2 Å². The first-order valence-electron chi connectivity index (χ1n) is 9.02. The van der Waals surface area contributed by atoms with E-state index >= 15 is 0 Å². The van der Waals surface area contributed by atoms with Crippen LogP contribution in [0.1, 0.15) is 35.2 Å². The van der Waals surface area contributed by atoms with E-state index in [0.29, 0.717) is 11.4 Å². The number of methoxy groups -OCH3 is 1. The number of amides is 1. The summed E-state index contributed by atoms with van der Waals surface area (Å²) in [5.41, 5.74) is 4.04. The van der Waals surface area contributed by atoms with E-state index in [1.54, 1.807) is 7.11 Å². The molecule has 2 rings (SSSR count). The van der Waals surface area contributed by atoms with Crippen LogP contribution in [0.15, 0.2) is 36.4 Å². The van der Waals surface area contributed by atoms with Gasteiger partial charge >= 0.3 is 0 Å². The highest BCUT2D eigenvalue weighted by Crippen LogP contribution is 2.28. The minimum atomic E-state index is -3.64. The van der Waals surface area contributed by atoms with Crippen LogP contribution in [0.25, 0.3) is 0 Å². The van der Waals surface area contributed by atoms with Crippen LogP contribution in [0.2, 0.25) is 0 Å². The molecule has 0 aliphatic heterocycles. The van der Waals surface area contributed by atoms with E-state index in [1.807, 2.05) is 64.1 Å². The third-order valence-electron chi connectivity index (χ3n) is 4.56. The Labute approximate surface area is 167 Å². The zero-order valence-corrected chi connectivity index (χ0v) is 18.1. The summed E-state index contributed by atoms with van der Waals surface area (Å²) in [5.74, 6) is 0.281. The quantitative estimate of drug-likeness (QED) is 0.769. The molecule has 0 saturated carbocycles. The molecular weight excluding hydrogens is 376 g/mol. The average molecular weight is 405 g/mol. The topological polar surface area (TPSA) is 75.7 Å². The number of carbonyl (C=O) groups is 1. The zero-order valence-electron chi connectivity index (χ0n) is 17.2. The van der Waals surface area contributed by atoms with Crippen molar-refractivity contribution in [2.45, 2.75) is 33.7 Å². The Hall–Kier alpha value is -2.54. The molecule has 6 nitrogen and oxygen atoms in total. The van der Waals surface area contributed by atoms with Crippen LogP contribution >= 0.6 is 0 Å². The van der Waals surface area contributed by atoms with Gasteiger partial charge in [0, 0.05) is 5.56 Å². The Morgan fingerprint density at radius 3 is 2.25 bits per heavy atom. The highest BCUT2D eigenvalue weighted by atomic mass is 32.2. The fourth-order valence-corrected chi connectivity index (χ4v) is 4.42. The van der Waals surface area contributed by atoms with Crippen molar-refractivity contribution < 1.29 is 17.9 Å². The summed E-state index contributed by atoms with van der Waals surface area (Å²) in [6.07, 6.45) is 1.11. The van der Waals surface area contributed by atoms with Crippen LogP contribution in [-0.4, -0.2) is 34.2 Å². The van der Waals surface area contributed by atoms with Gasteiger partial charge in [0.15, 0.2) is 0 Å². The van der Waals surface area contributed by atoms with Crippen LogP contribution in [0.3, 0.4) is 0 Å². The van der Waals surface area contributed by atoms with Crippen molar-refractivity contribution in [1.29, 1.82) is 0 Å². The molecule has 28 heavy (non-hydrogen) atoms. The van der Waals surface area contributed by atoms with Crippen molar-refractivity contribution in [3.8, 4) is 5.75 Å². The van der Waals surface area contributed by atoms with E-state index < -0.39 is 10.0 Å². The number of carbonyl (C=O) groups excluding carboxylic acids is 1. The van der Waals surface area contributed by atoms with E-state index in [2.05, 4.69) is 5.32 Å². The number of aryl methyl sites for hydroxylation is 3.